The molecule has 0 aliphatic rings. The quantitative estimate of drug-likeness (QED) is 0.553. The number of urea groups is 1. The summed E-state index contributed by atoms with van der Waals surface area (Å²) in [6, 6.07) is 15.3. The summed E-state index contributed by atoms with van der Waals surface area (Å²) in [6.45, 7) is 0.275. The Morgan fingerprint density at radius 3 is 2.54 bits per heavy atom. The fourth-order valence-corrected chi connectivity index (χ4v) is 3.72. The third-order valence-corrected chi connectivity index (χ3v) is 5.11. The topological polar surface area (TPSA) is 116 Å². The molecule has 0 aliphatic carbocycles. The van der Waals surface area contributed by atoms with Crippen LogP contribution in [-0.4, -0.2) is 24.2 Å². The molecular formula is C20H20N3O4S+. The van der Waals surface area contributed by atoms with E-state index in [1.165, 1.54) is 11.3 Å². The van der Waals surface area contributed by atoms with E-state index in [1.54, 1.807) is 37.4 Å². The van der Waals surface area contributed by atoms with Crippen LogP contribution in [-0.2, 0) is 6.54 Å². The minimum atomic E-state index is -0.742. The van der Waals surface area contributed by atoms with Crippen LogP contribution in [0, 0.1) is 0 Å². The molecule has 0 aliphatic heterocycles. The van der Waals surface area contributed by atoms with Gasteiger partial charge in [-0.25, -0.2) is 4.79 Å². The Morgan fingerprint density at radius 2 is 1.86 bits per heavy atom. The summed E-state index contributed by atoms with van der Waals surface area (Å²) in [5.41, 5.74) is 7.25. The average molecular weight is 398 g/mol. The number of benzene rings is 2. The maximum atomic E-state index is 12.8. The van der Waals surface area contributed by atoms with Crippen LogP contribution in [0.1, 0.15) is 15.9 Å². The number of para-hydroxylation sites is 1. The van der Waals surface area contributed by atoms with Gasteiger partial charge in [0.15, 0.2) is 0 Å². The van der Waals surface area contributed by atoms with Crippen LogP contribution >= 0.6 is 11.3 Å². The molecule has 0 spiro atoms. The van der Waals surface area contributed by atoms with E-state index in [0.717, 1.165) is 16.0 Å². The van der Waals surface area contributed by atoms with E-state index < -0.39 is 6.03 Å². The number of ether oxygens (including phenoxy) is 1. The molecule has 6 N–H and O–H groups in total. The van der Waals surface area contributed by atoms with Crippen molar-refractivity contribution >= 4 is 28.3 Å². The highest BCUT2D eigenvalue weighted by atomic mass is 32.1. The van der Waals surface area contributed by atoms with Gasteiger partial charge in [0.05, 0.1) is 12.7 Å². The molecule has 0 fully saturated rings. The first-order chi connectivity index (χ1) is 13.5. The molecule has 144 valence electrons. The summed E-state index contributed by atoms with van der Waals surface area (Å²) in [4.78, 5) is 24.9. The standard InChI is InChI=1S/C20H19N3O4S/c1-27-16-5-3-2-4-13(16)11-22-18(25)15-10-17(28-19(15)23-20(21)26)12-6-8-14(24)9-7-12/h2-10,24H,11H2,1H3,(H,22,25)(H3,21,23,26)/p+1. The molecule has 3 amide bonds. The van der Waals surface area contributed by atoms with E-state index in [4.69, 9.17) is 15.6 Å². The van der Waals surface area contributed by atoms with Crippen molar-refractivity contribution in [2.45, 2.75) is 6.54 Å². The van der Waals surface area contributed by atoms with Gasteiger partial charge in [0, 0.05) is 29.1 Å². The predicted octanol–water partition coefficient (Wildman–Crippen LogP) is 3.28. The third kappa shape index (κ3) is 4.41. The minimum Gasteiger partial charge on any atom is -0.593 e. The Bertz CT molecular complexity index is 999. The number of carbonyl (C=O) groups is 2. The molecule has 1 aromatic heterocycles. The van der Waals surface area contributed by atoms with Gasteiger partial charge >= 0.3 is 6.03 Å². The second-order valence-corrected chi connectivity index (χ2v) is 6.97. The number of thiophene rings is 1. The molecule has 1 heterocycles. The Morgan fingerprint density at radius 1 is 1.14 bits per heavy atom. The second kappa shape index (κ2) is 8.45. The number of hydrogen-bond donors (Lipinski definition) is 3. The van der Waals surface area contributed by atoms with Gasteiger partial charge < -0.3 is 20.9 Å². The maximum Gasteiger partial charge on any atom is 0.317 e. The number of carbonyl (C=O) groups excluding carboxylic acids is 2. The lowest BCUT2D eigenvalue weighted by atomic mass is 10.1. The molecule has 3 rings (SSSR count). The van der Waals surface area contributed by atoms with Crippen molar-refractivity contribution in [1.82, 2.24) is 5.32 Å². The molecular weight excluding hydrogens is 378 g/mol. The van der Waals surface area contributed by atoms with E-state index >= 15 is 0 Å². The fraction of sp³-hybridized carbons (Fsp3) is 0.100. The lowest BCUT2D eigenvalue weighted by molar-refractivity contribution is 0.0952. The Balaban J connectivity index is 1.85. The highest BCUT2D eigenvalue weighted by Crippen LogP contribution is 2.36. The summed E-state index contributed by atoms with van der Waals surface area (Å²) < 4.78 is 5.29. The summed E-state index contributed by atoms with van der Waals surface area (Å²) in [7, 11) is 1.57. The molecule has 2 aromatic carbocycles. The number of rotatable bonds is 6. The van der Waals surface area contributed by atoms with Crippen molar-refractivity contribution in [3.8, 4) is 21.9 Å². The second-order valence-electron chi connectivity index (χ2n) is 5.91. The van der Waals surface area contributed by atoms with Crippen LogP contribution in [0.3, 0.4) is 0 Å². The van der Waals surface area contributed by atoms with Gasteiger partial charge in [-0.2, -0.15) is 0 Å². The van der Waals surface area contributed by atoms with Crippen molar-refractivity contribution < 1.29 is 19.4 Å². The van der Waals surface area contributed by atoms with Gasteiger partial charge in [-0.3, -0.25) is 10.1 Å². The zero-order valence-corrected chi connectivity index (χ0v) is 15.9. The summed E-state index contributed by atoms with van der Waals surface area (Å²) >= 11 is 1.25. The number of nitrogens with two attached hydrogens (primary N) is 1. The molecule has 0 saturated heterocycles. The first kappa shape index (κ1) is 19.2. The van der Waals surface area contributed by atoms with Gasteiger partial charge in [0.25, 0.3) is 11.7 Å². The number of amides is 3. The fourth-order valence-electron chi connectivity index (χ4n) is 2.66. The molecule has 3 aromatic rings. The lowest BCUT2D eigenvalue weighted by Crippen LogP contribution is -2.25. The van der Waals surface area contributed by atoms with Gasteiger partial charge in [-0.05, 0) is 29.8 Å². The predicted molar refractivity (Wildman–Crippen MR) is 110 cm³/mol. The summed E-state index contributed by atoms with van der Waals surface area (Å²) in [5.74, 6) is 0.736. The molecule has 0 saturated carbocycles. The Labute approximate surface area is 165 Å². The van der Waals surface area contributed by atoms with Gasteiger partial charge in [0.1, 0.15) is 10.8 Å². The van der Waals surface area contributed by atoms with E-state index in [2.05, 4.69) is 10.6 Å². The van der Waals surface area contributed by atoms with Crippen molar-refractivity contribution in [2.24, 2.45) is 5.73 Å². The minimum absolute atomic E-state index is 0.275. The molecule has 8 heteroatoms. The zero-order valence-electron chi connectivity index (χ0n) is 15.1. The number of anilines is 1. The molecule has 0 bridgehead atoms. The van der Waals surface area contributed by atoms with Crippen LogP contribution in [0.15, 0.2) is 54.6 Å². The normalized spacial score (nSPS) is 10.3. The van der Waals surface area contributed by atoms with Gasteiger partial charge in [-0.15, -0.1) is 11.3 Å². The zero-order chi connectivity index (χ0) is 20.1. The van der Waals surface area contributed by atoms with Crippen LogP contribution in [0.2, 0.25) is 0 Å². The molecule has 0 unspecified atom stereocenters. The molecule has 0 atom stereocenters. The first-order valence-electron chi connectivity index (χ1n) is 8.40. The Hall–Kier alpha value is -3.52. The van der Waals surface area contributed by atoms with Gasteiger partial charge in [0.2, 0.25) is 0 Å². The van der Waals surface area contributed by atoms with Crippen molar-refractivity contribution in [2.75, 3.05) is 12.4 Å². The maximum absolute atomic E-state index is 12.8. The average Bonchev–Trinajstić information content (AvgIpc) is 3.10. The first-order valence-corrected chi connectivity index (χ1v) is 9.22. The van der Waals surface area contributed by atoms with Crippen LogP contribution in [0.5, 0.6) is 11.5 Å². The smallest absolute Gasteiger partial charge is 0.317 e. The summed E-state index contributed by atoms with van der Waals surface area (Å²) in [6.07, 6.45) is 0. The van der Waals surface area contributed by atoms with E-state index in [9.17, 15) is 9.59 Å². The summed E-state index contributed by atoms with van der Waals surface area (Å²) in [5, 5.41) is 13.3. The number of primary amides is 1. The number of nitrogens with one attached hydrogen (secondary N) is 2. The Kier molecular flexibility index (Phi) is 5.81. The van der Waals surface area contributed by atoms with Crippen molar-refractivity contribution in [3.05, 3.63) is 65.7 Å². The molecule has 7 nitrogen and oxygen atoms in total. The number of methoxy groups -OCH3 is 1. The third-order valence-electron chi connectivity index (χ3n) is 4.01. The van der Waals surface area contributed by atoms with Crippen LogP contribution in [0.25, 0.3) is 10.4 Å². The monoisotopic (exact) mass is 398 g/mol. The SMILES string of the molecule is COc1ccccc1CNC(=O)c1cc(-c2ccc([OH2+])cc2)sc1NC(N)=O. The largest absolute Gasteiger partial charge is 0.593 e. The van der Waals surface area contributed by atoms with E-state index in [-0.39, 0.29) is 12.5 Å². The highest BCUT2D eigenvalue weighted by Gasteiger charge is 2.18. The van der Waals surface area contributed by atoms with Crippen molar-refractivity contribution in [3.63, 3.8) is 0 Å². The highest BCUT2D eigenvalue weighted by molar-refractivity contribution is 7.20. The molecule has 0 radical (unpaired) electrons. The number of hydrogen-bond acceptors (Lipinski definition) is 4. The molecule has 28 heavy (non-hydrogen) atoms. The van der Waals surface area contributed by atoms with E-state index in [1.807, 2.05) is 24.3 Å². The van der Waals surface area contributed by atoms with E-state index in [0.29, 0.717) is 22.1 Å². The van der Waals surface area contributed by atoms with Crippen LogP contribution < -0.4 is 21.1 Å². The lowest BCUT2D eigenvalue weighted by Gasteiger charge is -2.10. The van der Waals surface area contributed by atoms with Crippen LogP contribution in [0.4, 0.5) is 9.80 Å². The van der Waals surface area contributed by atoms with Gasteiger partial charge in [-0.1, -0.05) is 18.2 Å². The van der Waals surface area contributed by atoms with Crippen molar-refractivity contribution in [1.29, 1.82) is 0 Å².